The maximum atomic E-state index is 11.7. The predicted octanol–water partition coefficient (Wildman–Crippen LogP) is 5.10. The van der Waals surface area contributed by atoms with Gasteiger partial charge in [-0.25, -0.2) is 4.57 Å². The number of carbonyl (C=O) groups excluding carboxylic acids is 1. The molecule has 0 saturated heterocycles. The van der Waals surface area contributed by atoms with Crippen LogP contribution in [0.4, 0.5) is 0 Å². The number of benzene rings is 2. The second-order valence-electron chi connectivity index (χ2n) is 7.92. The molecule has 1 amide bonds. The van der Waals surface area contributed by atoms with Gasteiger partial charge in [-0.3, -0.25) is 4.79 Å². The van der Waals surface area contributed by atoms with E-state index >= 15 is 0 Å². The van der Waals surface area contributed by atoms with Gasteiger partial charge in [0.15, 0.2) is 12.4 Å². The number of para-hydroxylation sites is 1. The van der Waals surface area contributed by atoms with Crippen molar-refractivity contribution >= 4 is 52.5 Å². The minimum atomic E-state index is 0.0956. The van der Waals surface area contributed by atoms with Gasteiger partial charge in [-0.1, -0.05) is 36.4 Å². The highest BCUT2D eigenvalue weighted by Gasteiger charge is 2.09. The summed E-state index contributed by atoms with van der Waals surface area (Å²) in [5, 5.41) is 5.46. The third kappa shape index (κ3) is 5.05. The summed E-state index contributed by atoms with van der Waals surface area (Å²) in [5.74, 6) is 0.768. The first-order valence-corrected chi connectivity index (χ1v) is 11.9. The van der Waals surface area contributed by atoms with Crippen molar-refractivity contribution in [3.63, 3.8) is 0 Å². The quantitative estimate of drug-likeness (QED) is 0.274. The molecule has 32 heavy (non-hydrogen) atoms. The number of nitrogens with one attached hydrogen (secondary N) is 1. The molecule has 2 heterocycles. The standard InChI is InChI=1S/C27H29N3OS/c1-2-30-25-7-4-3-6-23(25)24-20-22(11-12-26(24)30)10-9-21-13-17-29(18-14-21)16-5-8-27(31)28-15-19-32/h3-4,6-7,9-14,17-18,20H,2,5,8,15-16,19H2,1H3,(H-,28,31,32)/p+1. The lowest BCUT2D eigenvalue weighted by atomic mass is 10.1. The zero-order chi connectivity index (χ0) is 22.3. The fraction of sp³-hybridized carbons (Fsp3) is 0.259. The first-order valence-electron chi connectivity index (χ1n) is 11.3. The number of thiol groups is 1. The molecule has 164 valence electrons. The van der Waals surface area contributed by atoms with Gasteiger partial charge in [0.2, 0.25) is 5.91 Å². The van der Waals surface area contributed by atoms with E-state index in [-0.39, 0.29) is 5.91 Å². The Labute approximate surface area is 195 Å². The Morgan fingerprint density at radius 1 is 1.00 bits per heavy atom. The Hall–Kier alpha value is -3.05. The summed E-state index contributed by atoms with van der Waals surface area (Å²) >= 11 is 4.10. The molecule has 4 rings (SSSR count). The second kappa shape index (κ2) is 10.5. The van der Waals surface area contributed by atoms with Crippen LogP contribution >= 0.6 is 12.6 Å². The average molecular weight is 445 g/mol. The molecule has 0 aliphatic carbocycles. The third-order valence-electron chi connectivity index (χ3n) is 5.75. The molecule has 2 aromatic heterocycles. The van der Waals surface area contributed by atoms with Crippen LogP contribution in [0.25, 0.3) is 34.0 Å². The molecule has 0 atom stereocenters. The van der Waals surface area contributed by atoms with Gasteiger partial charge in [-0.15, -0.1) is 0 Å². The van der Waals surface area contributed by atoms with E-state index in [4.69, 9.17) is 0 Å². The molecule has 0 unspecified atom stereocenters. The zero-order valence-corrected chi connectivity index (χ0v) is 19.4. The van der Waals surface area contributed by atoms with E-state index in [1.807, 2.05) is 0 Å². The van der Waals surface area contributed by atoms with E-state index < -0.39 is 0 Å². The van der Waals surface area contributed by atoms with Gasteiger partial charge in [0, 0.05) is 65.6 Å². The first kappa shape index (κ1) is 22.2. The van der Waals surface area contributed by atoms with E-state index in [0.29, 0.717) is 18.7 Å². The van der Waals surface area contributed by atoms with Crippen LogP contribution in [0.3, 0.4) is 0 Å². The first-order chi connectivity index (χ1) is 15.7. The summed E-state index contributed by atoms with van der Waals surface area (Å²) in [6, 6.07) is 19.5. The normalized spacial score (nSPS) is 11.6. The number of nitrogens with zero attached hydrogens (tertiary/aromatic N) is 2. The van der Waals surface area contributed by atoms with Crippen molar-refractivity contribution in [1.29, 1.82) is 0 Å². The topological polar surface area (TPSA) is 37.9 Å². The molecule has 0 aliphatic heterocycles. The molecular formula is C27H30N3OS+. The minimum absolute atomic E-state index is 0.0956. The second-order valence-corrected chi connectivity index (χ2v) is 8.36. The van der Waals surface area contributed by atoms with Gasteiger partial charge < -0.3 is 9.88 Å². The van der Waals surface area contributed by atoms with E-state index in [0.717, 1.165) is 25.1 Å². The Bertz CT molecular complexity index is 1240. The van der Waals surface area contributed by atoms with Crippen LogP contribution in [0.1, 0.15) is 30.9 Å². The summed E-state index contributed by atoms with van der Waals surface area (Å²) in [5.41, 5.74) is 4.92. The van der Waals surface area contributed by atoms with Gasteiger partial charge in [0.1, 0.15) is 6.54 Å². The maximum absolute atomic E-state index is 11.7. The molecule has 0 fully saturated rings. The van der Waals surface area contributed by atoms with Crippen molar-refractivity contribution in [2.75, 3.05) is 12.3 Å². The van der Waals surface area contributed by atoms with Crippen LogP contribution in [-0.2, 0) is 17.9 Å². The molecule has 4 aromatic rings. The molecule has 0 spiro atoms. The lowest BCUT2D eigenvalue weighted by Crippen LogP contribution is -2.33. The lowest BCUT2D eigenvalue weighted by molar-refractivity contribution is -0.697. The summed E-state index contributed by atoms with van der Waals surface area (Å²) < 4.78 is 4.49. The molecule has 0 bridgehead atoms. The Kier molecular flexibility index (Phi) is 7.28. The Morgan fingerprint density at radius 3 is 2.53 bits per heavy atom. The number of fused-ring (bicyclic) bond motifs is 3. The van der Waals surface area contributed by atoms with Crippen molar-refractivity contribution in [2.24, 2.45) is 0 Å². The summed E-state index contributed by atoms with van der Waals surface area (Å²) in [7, 11) is 0. The zero-order valence-electron chi connectivity index (χ0n) is 18.5. The highest BCUT2D eigenvalue weighted by molar-refractivity contribution is 7.80. The minimum Gasteiger partial charge on any atom is -0.355 e. The largest absolute Gasteiger partial charge is 0.355 e. The molecule has 5 heteroatoms. The number of pyridine rings is 1. The van der Waals surface area contributed by atoms with Crippen LogP contribution < -0.4 is 9.88 Å². The number of aromatic nitrogens is 2. The lowest BCUT2D eigenvalue weighted by Gasteiger charge is -2.03. The highest BCUT2D eigenvalue weighted by Crippen LogP contribution is 2.30. The van der Waals surface area contributed by atoms with E-state index in [9.17, 15) is 4.79 Å². The van der Waals surface area contributed by atoms with Crippen molar-refractivity contribution < 1.29 is 9.36 Å². The molecule has 0 aliphatic rings. The van der Waals surface area contributed by atoms with Gasteiger partial charge in [0.25, 0.3) is 0 Å². The number of rotatable bonds is 9. The number of hydrogen-bond acceptors (Lipinski definition) is 2. The fourth-order valence-corrected chi connectivity index (χ4v) is 4.25. The summed E-state index contributed by atoms with van der Waals surface area (Å²) in [4.78, 5) is 11.7. The van der Waals surface area contributed by atoms with Crippen LogP contribution in [0.2, 0.25) is 0 Å². The molecule has 4 nitrogen and oxygen atoms in total. The maximum Gasteiger partial charge on any atom is 0.220 e. The third-order valence-corrected chi connectivity index (χ3v) is 5.98. The van der Waals surface area contributed by atoms with Crippen LogP contribution in [0.5, 0.6) is 0 Å². The Balaban J connectivity index is 1.43. The smallest absolute Gasteiger partial charge is 0.220 e. The Morgan fingerprint density at radius 2 is 1.75 bits per heavy atom. The van der Waals surface area contributed by atoms with Gasteiger partial charge in [-0.05, 0) is 36.2 Å². The molecule has 0 radical (unpaired) electrons. The van der Waals surface area contributed by atoms with Gasteiger partial charge in [0.05, 0.1) is 0 Å². The van der Waals surface area contributed by atoms with E-state index in [1.165, 1.54) is 27.4 Å². The number of carbonyl (C=O) groups is 1. The monoisotopic (exact) mass is 444 g/mol. The molecule has 1 N–H and O–H groups in total. The summed E-state index contributed by atoms with van der Waals surface area (Å²) in [6.45, 7) is 4.61. The summed E-state index contributed by atoms with van der Waals surface area (Å²) in [6.07, 6.45) is 9.83. The molecular weight excluding hydrogens is 414 g/mol. The number of aryl methyl sites for hydroxylation is 2. The number of hydrogen-bond donors (Lipinski definition) is 2. The van der Waals surface area contributed by atoms with Crippen molar-refractivity contribution in [1.82, 2.24) is 9.88 Å². The van der Waals surface area contributed by atoms with Crippen molar-refractivity contribution in [3.05, 3.63) is 78.1 Å². The van der Waals surface area contributed by atoms with E-state index in [2.05, 4.69) is 113 Å². The van der Waals surface area contributed by atoms with Crippen LogP contribution in [0, 0.1) is 0 Å². The van der Waals surface area contributed by atoms with Gasteiger partial charge >= 0.3 is 0 Å². The predicted molar refractivity (Wildman–Crippen MR) is 137 cm³/mol. The molecule has 0 saturated carbocycles. The average Bonchev–Trinajstić information content (AvgIpc) is 3.15. The van der Waals surface area contributed by atoms with E-state index in [1.54, 1.807) is 0 Å². The fourth-order valence-electron chi connectivity index (χ4n) is 4.14. The van der Waals surface area contributed by atoms with Crippen LogP contribution in [-0.4, -0.2) is 22.8 Å². The SMILES string of the molecule is CCn1c2ccccc2c2cc(/C=C/c3cc[n+](CCCC(=O)NCCS)cc3)ccc21. The highest BCUT2D eigenvalue weighted by atomic mass is 32.1. The van der Waals surface area contributed by atoms with Crippen molar-refractivity contribution in [2.45, 2.75) is 32.9 Å². The molecule has 2 aromatic carbocycles. The number of amides is 1. The van der Waals surface area contributed by atoms with Crippen molar-refractivity contribution in [3.8, 4) is 0 Å². The van der Waals surface area contributed by atoms with Gasteiger partial charge in [-0.2, -0.15) is 12.6 Å². The van der Waals surface area contributed by atoms with Crippen LogP contribution in [0.15, 0.2) is 67.0 Å².